The SMILES string of the molecule is CC/C=C\C/C=C\C/C=C\C/C=C\C/C=C\C/C=C\C/C=C\C/C=C\CCCCCCC(=O)NC(COP(=O)(O)OCC[N+](C)(C)C)C(O)/C=C/CC/C=C/CC/C=C/CCCCCCCCCCC. The van der Waals surface area contributed by atoms with E-state index in [2.05, 4.69) is 141 Å². The Hall–Kier alpha value is -3.36. The number of amides is 1. The number of hydrogen-bond donors (Lipinski definition) is 3. The molecule has 0 fully saturated rings. The van der Waals surface area contributed by atoms with Gasteiger partial charge in [-0.15, -0.1) is 0 Å². The summed E-state index contributed by atoms with van der Waals surface area (Å²) in [6, 6.07) is -0.895. The predicted octanol–water partition coefficient (Wildman–Crippen LogP) is 16.8. The number of aliphatic hydroxyl groups is 1. The van der Waals surface area contributed by atoms with Crippen LogP contribution < -0.4 is 5.32 Å². The van der Waals surface area contributed by atoms with Crippen molar-refractivity contribution in [3.8, 4) is 0 Å². The average molecular weight is 992 g/mol. The second-order valence-electron chi connectivity index (χ2n) is 19.2. The van der Waals surface area contributed by atoms with E-state index in [1.165, 1.54) is 64.2 Å². The summed E-state index contributed by atoms with van der Waals surface area (Å²) in [4.78, 5) is 23.3. The van der Waals surface area contributed by atoms with Crippen LogP contribution in [0.25, 0.3) is 0 Å². The van der Waals surface area contributed by atoms with Gasteiger partial charge in [0.05, 0.1) is 39.9 Å². The van der Waals surface area contributed by atoms with Crippen molar-refractivity contribution < 1.29 is 32.9 Å². The van der Waals surface area contributed by atoms with E-state index in [4.69, 9.17) is 9.05 Å². The summed E-state index contributed by atoms with van der Waals surface area (Å²) in [5, 5.41) is 13.9. The molecule has 0 aliphatic carbocycles. The molecule has 0 aromatic rings. The van der Waals surface area contributed by atoms with Crippen molar-refractivity contribution in [2.45, 2.75) is 206 Å². The molecule has 0 aliphatic heterocycles. The molecule has 8 nitrogen and oxygen atoms in total. The van der Waals surface area contributed by atoms with Gasteiger partial charge >= 0.3 is 7.82 Å². The van der Waals surface area contributed by atoms with E-state index in [0.29, 0.717) is 17.4 Å². The molecule has 0 saturated carbocycles. The van der Waals surface area contributed by atoms with Crippen LogP contribution in [0.5, 0.6) is 0 Å². The van der Waals surface area contributed by atoms with Crippen molar-refractivity contribution in [3.05, 3.63) is 134 Å². The third-order valence-electron chi connectivity index (χ3n) is 11.3. The van der Waals surface area contributed by atoms with Crippen LogP contribution in [0.3, 0.4) is 0 Å². The van der Waals surface area contributed by atoms with E-state index in [1.807, 2.05) is 27.2 Å². The Morgan fingerprint density at radius 1 is 0.500 bits per heavy atom. The highest BCUT2D eigenvalue weighted by Crippen LogP contribution is 2.43. The number of aliphatic hydroxyl groups excluding tert-OH is 1. The van der Waals surface area contributed by atoms with Gasteiger partial charge in [0, 0.05) is 6.42 Å². The zero-order valence-electron chi connectivity index (χ0n) is 45.2. The Balaban J connectivity index is 4.42. The molecule has 0 bridgehead atoms. The lowest BCUT2D eigenvalue weighted by Crippen LogP contribution is -2.45. The molecule has 0 saturated heterocycles. The van der Waals surface area contributed by atoms with Gasteiger partial charge in [0.15, 0.2) is 0 Å². The van der Waals surface area contributed by atoms with Gasteiger partial charge in [-0.2, -0.15) is 0 Å². The van der Waals surface area contributed by atoms with Gasteiger partial charge in [-0.05, 0) is 109 Å². The lowest BCUT2D eigenvalue weighted by Gasteiger charge is -2.25. The second kappa shape index (κ2) is 50.6. The average Bonchev–Trinajstić information content (AvgIpc) is 3.32. The summed E-state index contributed by atoms with van der Waals surface area (Å²) in [5.74, 6) is -0.222. The van der Waals surface area contributed by atoms with E-state index in [0.717, 1.165) is 109 Å². The van der Waals surface area contributed by atoms with E-state index in [-0.39, 0.29) is 19.1 Å². The molecule has 3 unspecified atom stereocenters. The maximum Gasteiger partial charge on any atom is 0.472 e. The number of hydrogen-bond acceptors (Lipinski definition) is 5. The Morgan fingerprint density at radius 3 is 1.31 bits per heavy atom. The third-order valence-corrected chi connectivity index (χ3v) is 12.3. The number of unbranched alkanes of at least 4 members (excludes halogenated alkanes) is 15. The van der Waals surface area contributed by atoms with Crippen LogP contribution in [-0.2, 0) is 18.4 Å². The minimum atomic E-state index is -4.38. The first kappa shape index (κ1) is 66.6. The molecule has 3 atom stereocenters. The number of nitrogens with one attached hydrogen (secondary N) is 1. The maximum atomic E-state index is 13.0. The number of carbonyl (C=O) groups is 1. The fraction of sp³-hybridized carbons (Fsp3) is 0.623. The van der Waals surface area contributed by atoms with E-state index >= 15 is 0 Å². The van der Waals surface area contributed by atoms with Crippen molar-refractivity contribution in [1.82, 2.24) is 5.32 Å². The molecular formula is C61H104N2O6P+. The van der Waals surface area contributed by atoms with Crippen molar-refractivity contribution in [1.29, 1.82) is 0 Å². The highest BCUT2D eigenvalue weighted by Gasteiger charge is 2.27. The van der Waals surface area contributed by atoms with Gasteiger partial charge in [-0.25, -0.2) is 4.57 Å². The molecule has 0 heterocycles. The molecule has 0 radical (unpaired) electrons. The number of quaternary nitrogens is 1. The zero-order chi connectivity index (χ0) is 51.3. The lowest BCUT2D eigenvalue weighted by molar-refractivity contribution is -0.870. The minimum Gasteiger partial charge on any atom is -0.387 e. The van der Waals surface area contributed by atoms with Crippen LogP contribution >= 0.6 is 7.82 Å². The van der Waals surface area contributed by atoms with E-state index < -0.39 is 20.0 Å². The second-order valence-corrected chi connectivity index (χ2v) is 20.7. The molecular weight excluding hydrogens is 888 g/mol. The fourth-order valence-electron chi connectivity index (χ4n) is 7.03. The van der Waals surface area contributed by atoms with Gasteiger partial charge in [-0.1, -0.05) is 212 Å². The third kappa shape index (κ3) is 52.5. The van der Waals surface area contributed by atoms with Gasteiger partial charge in [-0.3, -0.25) is 13.8 Å². The first-order valence-electron chi connectivity index (χ1n) is 27.6. The molecule has 0 aliphatic rings. The molecule has 1 amide bonds. The summed E-state index contributed by atoms with van der Waals surface area (Å²) in [6.45, 7) is 4.63. The molecule has 3 N–H and O–H groups in total. The quantitative estimate of drug-likeness (QED) is 0.0243. The van der Waals surface area contributed by atoms with Crippen LogP contribution in [0.4, 0.5) is 0 Å². The van der Waals surface area contributed by atoms with Crippen molar-refractivity contribution >= 4 is 13.7 Å². The lowest BCUT2D eigenvalue weighted by atomic mass is 10.1. The molecule has 0 spiro atoms. The van der Waals surface area contributed by atoms with Crippen LogP contribution in [-0.4, -0.2) is 73.4 Å². The normalized spacial score (nSPS) is 15.0. The first-order chi connectivity index (χ1) is 34.0. The molecule has 70 heavy (non-hydrogen) atoms. The number of carbonyl (C=O) groups excluding carboxylic acids is 1. The van der Waals surface area contributed by atoms with Crippen molar-refractivity contribution in [2.75, 3.05) is 40.9 Å². The number of likely N-dealkylation sites (N-methyl/N-ethyl adjacent to an activating group) is 1. The van der Waals surface area contributed by atoms with Gasteiger partial charge < -0.3 is 19.8 Å². The van der Waals surface area contributed by atoms with Gasteiger partial charge in [0.25, 0.3) is 0 Å². The molecule has 398 valence electrons. The van der Waals surface area contributed by atoms with Crippen molar-refractivity contribution in [3.63, 3.8) is 0 Å². The number of nitrogens with zero attached hydrogens (tertiary/aromatic N) is 1. The fourth-order valence-corrected chi connectivity index (χ4v) is 7.76. The number of allylic oxidation sites excluding steroid dienone is 21. The van der Waals surface area contributed by atoms with Crippen LogP contribution in [0.1, 0.15) is 194 Å². The molecule has 0 rings (SSSR count). The smallest absolute Gasteiger partial charge is 0.387 e. The van der Waals surface area contributed by atoms with Gasteiger partial charge in [0.1, 0.15) is 13.2 Å². The monoisotopic (exact) mass is 992 g/mol. The first-order valence-corrected chi connectivity index (χ1v) is 29.1. The summed E-state index contributed by atoms with van der Waals surface area (Å²) in [5.41, 5.74) is 0. The summed E-state index contributed by atoms with van der Waals surface area (Å²) < 4.78 is 23.6. The minimum absolute atomic E-state index is 0.0402. The van der Waals surface area contributed by atoms with Gasteiger partial charge in [0.2, 0.25) is 5.91 Å². The highest BCUT2D eigenvalue weighted by atomic mass is 31.2. The predicted molar refractivity (Wildman–Crippen MR) is 304 cm³/mol. The van der Waals surface area contributed by atoms with Crippen LogP contribution in [0, 0.1) is 0 Å². The molecule has 0 aromatic heterocycles. The highest BCUT2D eigenvalue weighted by molar-refractivity contribution is 7.47. The summed E-state index contributed by atoms with van der Waals surface area (Å²) in [6.07, 6.45) is 76.9. The topological polar surface area (TPSA) is 105 Å². The Bertz CT molecular complexity index is 1590. The summed E-state index contributed by atoms with van der Waals surface area (Å²) in [7, 11) is 1.50. The number of rotatable bonds is 48. The maximum absolute atomic E-state index is 13.0. The largest absolute Gasteiger partial charge is 0.472 e. The number of phosphoric acid groups is 1. The molecule has 0 aromatic carbocycles. The van der Waals surface area contributed by atoms with Crippen molar-refractivity contribution in [2.24, 2.45) is 0 Å². The Labute approximate surface area is 430 Å². The zero-order valence-corrected chi connectivity index (χ0v) is 46.1. The summed E-state index contributed by atoms with van der Waals surface area (Å²) >= 11 is 0. The van der Waals surface area contributed by atoms with E-state index in [9.17, 15) is 19.4 Å². The Morgan fingerprint density at radius 2 is 0.871 bits per heavy atom. The van der Waals surface area contributed by atoms with E-state index in [1.54, 1.807) is 6.08 Å². The van der Waals surface area contributed by atoms with Crippen LogP contribution in [0.2, 0.25) is 0 Å². The Kier molecular flexibility index (Phi) is 48.1. The molecule has 9 heteroatoms. The standard InChI is InChI=1S/C61H103N2O6P/c1-6-8-10-12-14-16-18-20-22-24-26-27-28-29-30-31-32-33-34-35-37-39-41-43-45-47-49-51-53-55-61(65)62-59(58-69-70(66,67)68-57-56-63(3,4)5)60(64)54-52-50-48-46-44-42-40-38-36-25-23-21-19-17-15-13-11-9-7-2/h8,10,14,16,20,22,26-27,29-30,32-33,35-38,41,43-44,46,52,54,59-60,64H,6-7,9,11-13,15,17-19,21,23-25,28,31,34,39-40,42,45,47-51,53,55-58H2,1-5H3,(H-,62,65,66,67)/p+1/b10-8-,16-14-,22-20-,27-26-,30-29-,33-32-,37-35-,38-36+,43-41-,46-44+,54-52+. The number of phosphoric ester groups is 1. The van der Waals surface area contributed by atoms with Crippen LogP contribution in [0.15, 0.2) is 134 Å².